The van der Waals surface area contributed by atoms with Crippen molar-refractivity contribution in [2.45, 2.75) is 18.9 Å². The SMILES string of the molecule is COCC(=O)N1CCC[C@H]1c1nc(N(C)C)ncc1-c1ccccc1F. The molecule has 0 spiro atoms. The number of amides is 1. The molecule has 1 aromatic heterocycles. The maximum Gasteiger partial charge on any atom is 0.249 e. The molecule has 1 saturated heterocycles. The molecule has 0 saturated carbocycles. The average Bonchev–Trinajstić information content (AvgIpc) is 3.11. The molecule has 0 radical (unpaired) electrons. The summed E-state index contributed by atoms with van der Waals surface area (Å²) in [6.45, 7) is 0.669. The smallest absolute Gasteiger partial charge is 0.249 e. The number of benzene rings is 1. The Hall–Kier alpha value is -2.54. The van der Waals surface area contributed by atoms with E-state index in [1.54, 1.807) is 34.2 Å². The molecular weight excluding hydrogens is 335 g/mol. The standard InChI is InChI=1S/C19H23FN4O2/c1-23(2)19-21-11-14(13-7-4-5-8-15(13)20)18(22-19)16-9-6-10-24(16)17(25)12-26-3/h4-5,7-8,11,16H,6,9-10,12H2,1-3H3/t16-/m0/s1. The van der Waals surface area contributed by atoms with Crippen molar-refractivity contribution in [3.8, 4) is 11.1 Å². The molecule has 138 valence electrons. The van der Waals surface area contributed by atoms with Crippen LogP contribution in [0.15, 0.2) is 30.5 Å². The summed E-state index contributed by atoms with van der Waals surface area (Å²) in [6.07, 6.45) is 3.30. The Kier molecular flexibility index (Phi) is 5.46. The van der Waals surface area contributed by atoms with Crippen molar-refractivity contribution in [1.29, 1.82) is 0 Å². The average molecular weight is 358 g/mol. The van der Waals surface area contributed by atoms with Crippen LogP contribution in [0.4, 0.5) is 10.3 Å². The van der Waals surface area contributed by atoms with E-state index in [9.17, 15) is 9.18 Å². The van der Waals surface area contributed by atoms with Gasteiger partial charge < -0.3 is 14.5 Å². The molecule has 1 aromatic carbocycles. The Morgan fingerprint density at radius 1 is 1.35 bits per heavy atom. The van der Waals surface area contributed by atoms with Crippen molar-refractivity contribution >= 4 is 11.9 Å². The first kappa shape index (κ1) is 18.3. The van der Waals surface area contributed by atoms with Crippen molar-refractivity contribution in [2.24, 2.45) is 0 Å². The summed E-state index contributed by atoms with van der Waals surface area (Å²) in [6, 6.07) is 6.35. The molecule has 3 rings (SSSR count). The molecule has 1 atom stereocenters. The van der Waals surface area contributed by atoms with Gasteiger partial charge in [-0.2, -0.15) is 0 Å². The van der Waals surface area contributed by atoms with E-state index in [-0.39, 0.29) is 24.4 Å². The maximum atomic E-state index is 14.4. The van der Waals surface area contributed by atoms with Gasteiger partial charge in [-0.3, -0.25) is 4.79 Å². The van der Waals surface area contributed by atoms with Crippen LogP contribution in [0.25, 0.3) is 11.1 Å². The zero-order chi connectivity index (χ0) is 18.7. The van der Waals surface area contributed by atoms with Crippen molar-refractivity contribution in [3.63, 3.8) is 0 Å². The molecule has 26 heavy (non-hydrogen) atoms. The predicted molar refractivity (Wildman–Crippen MR) is 97.3 cm³/mol. The number of nitrogens with zero attached hydrogens (tertiary/aromatic N) is 4. The van der Waals surface area contributed by atoms with Crippen LogP contribution in [0.3, 0.4) is 0 Å². The van der Waals surface area contributed by atoms with Gasteiger partial charge in [0.1, 0.15) is 12.4 Å². The first-order chi connectivity index (χ1) is 12.5. The molecule has 6 nitrogen and oxygen atoms in total. The molecule has 7 heteroatoms. The van der Waals surface area contributed by atoms with Gasteiger partial charge in [-0.15, -0.1) is 0 Å². The van der Waals surface area contributed by atoms with Crippen LogP contribution < -0.4 is 4.90 Å². The molecule has 1 amide bonds. The molecule has 0 N–H and O–H groups in total. The lowest BCUT2D eigenvalue weighted by Gasteiger charge is -2.26. The monoisotopic (exact) mass is 358 g/mol. The highest BCUT2D eigenvalue weighted by Crippen LogP contribution is 2.37. The van der Waals surface area contributed by atoms with Crippen LogP contribution in [0.5, 0.6) is 0 Å². The molecule has 0 unspecified atom stereocenters. The van der Waals surface area contributed by atoms with Gasteiger partial charge in [0, 0.05) is 45.1 Å². The van der Waals surface area contributed by atoms with Crippen molar-refractivity contribution in [2.75, 3.05) is 39.3 Å². The highest BCUT2D eigenvalue weighted by Gasteiger charge is 2.33. The number of hydrogen-bond donors (Lipinski definition) is 0. The summed E-state index contributed by atoms with van der Waals surface area (Å²) in [4.78, 5) is 25.0. The zero-order valence-electron chi connectivity index (χ0n) is 15.3. The largest absolute Gasteiger partial charge is 0.375 e. The molecule has 1 aliphatic rings. The first-order valence-electron chi connectivity index (χ1n) is 8.60. The van der Waals surface area contributed by atoms with Gasteiger partial charge in [0.15, 0.2) is 0 Å². The van der Waals surface area contributed by atoms with Gasteiger partial charge >= 0.3 is 0 Å². The topological polar surface area (TPSA) is 58.6 Å². The van der Waals surface area contributed by atoms with E-state index in [4.69, 9.17) is 4.74 Å². The number of hydrogen-bond acceptors (Lipinski definition) is 5. The predicted octanol–water partition coefficient (Wildman–Crippen LogP) is 2.66. The Balaban J connectivity index is 2.10. The van der Waals surface area contributed by atoms with Gasteiger partial charge in [0.05, 0.1) is 11.7 Å². The van der Waals surface area contributed by atoms with Gasteiger partial charge in [-0.05, 0) is 18.9 Å². The van der Waals surface area contributed by atoms with Gasteiger partial charge in [0.2, 0.25) is 11.9 Å². The van der Waals surface area contributed by atoms with Crippen LogP contribution in [-0.2, 0) is 9.53 Å². The third kappa shape index (κ3) is 3.53. The van der Waals surface area contributed by atoms with E-state index < -0.39 is 0 Å². The second kappa shape index (κ2) is 7.78. The second-order valence-corrected chi connectivity index (χ2v) is 6.52. The number of ether oxygens (including phenoxy) is 1. The number of rotatable bonds is 5. The lowest BCUT2D eigenvalue weighted by atomic mass is 9.99. The third-order valence-electron chi connectivity index (χ3n) is 4.53. The summed E-state index contributed by atoms with van der Waals surface area (Å²) < 4.78 is 19.4. The summed E-state index contributed by atoms with van der Waals surface area (Å²) in [5, 5.41) is 0. The fourth-order valence-corrected chi connectivity index (χ4v) is 3.30. The summed E-state index contributed by atoms with van der Waals surface area (Å²) >= 11 is 0. The Labute approximate surface area is 152 Å². The minimum Gasteiger partial charge on any atom is -0.375 e. The van der Waals surface area contributed by atoms with Crippen LogP contribution in [0, 0.1) is 5.82 Å². The van der Waals surface area contributed by atoms with E-state index >= 15 is 0 Å². The van der Waals surface area contributed by atoms with Crippen molar-refractivity contribution in [3.05, 3.63) is 42.0 Å². The van der Waals surface area contributed by atoms with Crippen LogP contribution >= 0.6 is 0 Å². The summed E-state index contributed by atoms with van der Waals surface area (Å²) in [7, 11) is 5.21. The molecule has 2 aromatic rings. The number of anilines is 1. The Morgan fingerprint density at radius 2 is 2.12 bits per heavy atom. The third-order valence-corrected chi connectivity index (χ3v) is 4.53. The fraction of sp³-hybridized carbons (Fsp3) is 0.421. The number of likely N-dealkylation sites (tertiary alicyclic amines) is 1. The zero-order valence-corrected chi connectivity index (χ0v) is 15.3. The number of methoxy groups -OCH3 is 1. The first-order valence-corrected chi connectivity index (χ1v) is 8.60. The second-order valence-electron chi connectivity index (χ2n) is 6.52. The molecule has 1 fully saturated rings. The van der Waals surface area contributed by atoms with Gasteiger partial charge in [-0.25, -0.2) is 14.4 Å². The highest BCUT2D eigenvalue weighted by molar-refractivity contribution is 5.79. The van der Waals surface area contributed by atoms with Crippen molar-refractivity contribution in [1.82, 2.24) is 14.9 Å². The fourth-order valence-electron chi connectivity index (χ4n) is 3.30. The van der Waals surface area contributed by atoms with Gasteiger partial charge in [-0.1, -0.05) is 18.2 Å². The molecule has 2 heterocycles. The van der Waals surface area contributed by atoms with E-state index in [0.717, 1.165) is 12.8 Å². The Bertz CT molecular complexity index is 797. The normalized spacial score (nSPS) is 16.8. The maximum absolute atomic E-state index is 14.4. The van der Waals surface area contributed by atoms with E-state index in [0.29, 0.717) is 29.3 Å². The molecular formula is C19H23FN4O2. The lowest BCUT2D eigenvalue weighted by molar-refractivity contribution is -0.136. The minimum atomic E-state index is -0.331. The molecule has 0 aliphatic carbocycles. The number of carbonyl (C=O) groups is 1. The molecule has 0 bridgehead atoms. The summed E-state index contributed by atoms with van der Waals surface area (Å²) in [5.41, 5.74) is 1.74. The lowest BCUT2D eigenvalue weighted by Crippen LogP contribution is -2.34. The van der Waals surface area contributed by atoms with Gasteiger partial charge in [0.25, 0.3) is 0 Å². The summed E-state index contributed by atoms with van der Waals surface area (Å²) in [5.74, 6) is 0.119. The van der Waals surface area contributed by atoms with E-state index in [1.165, 1.54) is 13.2 Å². The van der Waals surface area contributed by atoms with Crippen LogP contribution in [-0.4, -0.2) is 55.1 Å². The quantitative estimate of drug-likeness (QED) is 0.822. The number of aromatic nitrogens is 2. The van der Waals surface area contributed by atoms with E-state index in [2.05, 4.69) is 9.97 Å². The van der Waals surface area contributed by atoms with E-state index in [1.807, 2.05) is 14.1 Å². The van der Waals surface area contributed by atoms with Crippen LogP contribution in [0.1, 0.15) is 24.6 Å². The number of halogens is 1. The number of carbonyl (C=O) groups excluding carboxylic acids is 1. The van der Waals surface area contributed by atoms with Crippen molar-refractivity contribution < 1.29 is 13.9 Å². The highest BCUT2D eigenvalue weighted by atomic mass is 19.1. The molecule has 1 aliphatic heterocycles. The van der Waals surface area contributed by atoms with Crippen LogP contribution in [0.2, 0.25) is 0 Å². The Morgan fingerprint density at radius 3 is 2.81 bits per heavy atom. The minimum absolute atomic E-state index is 0.0250.